The summed E-state index contributed by atoms with van der Waals surface area (Å²) in [5.41, 5.74) is 3.09. The fourth-order valence-corrected chi connectivity index (χ4v) is 2.87. The molecule has 0 radical (unpaired) electrons. The lowest BCUT2D eigenvalue weighted by molar-refractivity contribution is 0.0944. The van der Waals surface area contributed by atoms with Gasteiger partial charge in [-0.3, -0.25) is 9.48 Å². The molecule has 3 heterocycles. The average molecular weight is 291 g/mol. The van der Waals surface area contributed by atoms with Crippen LogP contribution in [0.4, 0.5) is 0 Å². The molecule has 106 valence electrons. The van der Waals surface area contributed by atoms with Gasteiger partial charge in [0.2, 0.25) is 0 Å². The van der Waals surface area contributed by atoms with E-state index in [-0.39, 0.29) is 5.91 Å². The van der Waals surface area contributed by atoms with E-state index in [0.717, 1.165) is 31.6 Å². The van der Waals surface area contributed by atoms with Crippen molar-refractivity contribution in [3.8, 4) is 0 Å². The molecule has 7 heteroatoms. The fraction of sp³-hybridized carbons (Fsp3) is 0.462. The lowest BCUT2D eigenvalue weighted by Gasteiger charge is -2.22. The molecule has 2 aromatic rings. The minimum absolute atomic E-state index is 0.152. The molecule has 0 bridgehead atoms. The number of amides is 1. The van der Waals surface area contributed by atoms with Crippen LogP contribution < -0.4 is 10.6 Å². The third-order valence-corrected chi connectivity index (χ3v) is 4.03. The minimum atomic E-state index is -0.152. The van der Waals surface area contributed by atoms with E-state index in [1.807, 2.05) is 16.3 Å². The summed E-state index contributed by atoms with van der Waals surface area (Å²) in [7, 11) is 0. The molecular formula is C13H17N5OS. The molecule has 0 saturated carbocycles. The Morgan fingerprint density at radius 3 is 3.30 bits per heavy atom. The Balaban J connectivity index is 1.59. The van der Waals surface area contributed by atoms with Crippen molar-refractivity contribution >= 4 is 17.2 Å². The van der Waals surface area contributed by atoms with Crippen LogP contribution in [0.2, 0.25) is 0 Å². The summed E-state index contributed by atoms with van der Waals surface area (Å²) in [6.07, 6.45) is 4.14. The summed E-state index contributed by atoms with van der Waals surface area (Å²) < 4.78 is 1.89. The van der Waals surface area contributed by atoms with Gasteiger partial charge < -0.3 is 10.6 Å². The molecule has 2 N–H and O–H groups in total. The Kier molecular flexibility index (Phi) is 4.08. The highest BCUT2D eigenvalue weighted by Crippen LogP contribution is 2.15. The first-order chi connectivity index (χ1) is 9.83. The van der Waals surface area contributed by atoms with Crippen molar-refractivity contribution < 1.29 is 4.79 Å². The predicted octanol–water partition coefficient (Wildman–Crippen LogP) is 1.19. The molecule has 1 saturated heterocycles. The van der Waals surface area contributed by atoms with E-state index in [1.165, 1.54) is 11.3 Å². The highest BCUT2D eigenvalue weighted by atomic mass is 32.1. The standard InChI is InChI=1S/C13H17N5OS/c19-13(15-6-10-8-20-9-16-10)12-3-5-18(17-12)11-2-1-4-14-7-11/h3,5,8-9,11,14H,1-2,4,6-7H2,(H,15,19)/t11-/m0/s1. The van der Waals surface area contributed by atoms with Crippen LogP contribution in [0.15, 0.2) is 23.2 Å². The van der Waals surface area contributed by atoms with E-state index in [0.29, 0.717) is 18.3 Å². The van der Waals surface area contributed by atoms with Crippen LogP contribution in [-0.2, 0) is 6.54 Å². The van der Waals surface area contributed by atoms with E-state index >= 15 is 0 Å². The van der Waals surface area contributed by atoms with Crippen LogP contribution in [0.25, 0.3) is 0 Å². The summed E-state index contributed by atoms with van der Waals surface area (Å²) in [5, 5.41) is 12.5. The molecule has 6 nitrogen and oxygen atoms in total. The minimum Gasteiger partial charge on any atom is -0.345 e. The second-order valence-corrected chi connectivity index (χ2v) is 5.56. The fourth-order valence-electron chi connectivity index (χ4n) is 2.31. The number of hydrogen-bond donors (Lipinski definition) is 2. The molecule has 1 atom stereocenters. The smallest absolute Gasteiger partial charge is 0.272 e. The lowest BCUT2D eigenvalue weighted by Crippen LogP contribution is -2.32. The van der Waals surface area contributed by atoms with Gasteiger partial charge in [-0.15, -0.1) is 11.3 Å². The van der Waals surface area contributed by atoms with Crippen molar-refractivity contribution in [1.29, 1.82) is 0 Å². The summed E-state index contributed by atoms with van der Waals surface area (Å²) in [5.74, 6) is -0.152. The van der Waals surface area contributed by atoms with Gasteiger partial charge in [-0.2, -0.15) is 5.10 Å². The van der Waals surface area contributed by atoms with Crippen LogP contribution in [0, 0.1) is 0 Å². The number of piperidine rings is 1. The largest absolute Gasteiger partial charge is 0.345 e. The number of rotatable bonds is 4. The molecule has 0 unspecified atom stereocenters. The molecule has 1 aliphatic rings. The maximum Gasteiger partial charge on any atom is 0.272 e. The Hall–Kier alpha value is -1.73. The highest BCUT2D eigenvalue weighted by Gasteiger charge is 2.17. The van der Waals surface area contributed by atoms with Gasteiger partial charge >= 0.3 is 0 Å². The highest BCUT2D eigenvalue weighted by molar-refractivity contribution is 7.07. The van der Waals surface area contributed by atoms with Gasteiger partial charge in [-0.05, 0) is 25.5 Å². The van der Waals surface area contributed by atoms with Crippen LogP contribution in [0.5, 0.6) is 0 Å². The van der Waals surface area contributed by atoms with Gasteiger partial charge in [0.15, 0.2) is 0 Å². The summed E-state index contributed by atoms with van der Waals surface area (Å²) in [6.45, 7) is 2.43. The SMILES string of the molecule is O=C(NCc1cscn1)c1ccn([C@H]2CCCNC2)n1. The number of carbonyl (C=O) groups excluding carboxylic acids is 1. The van der Waals surface area contributed by atoms with Gasteiger partial charge in [0, 0.05) is 18.1 Å². The topological polar surface area (TPSA) is 71.8 Å². The van der Waals surface area contributed by atoms with Crippen LogP contribution >= 0.6 is 11.3 Å². The van der Waals surface area contributed by atoms with E-state index in [1.54, 1.807) is 11.6 Å². The van der Waals surface area contributed by atoms with Gasteiger partial charge in [0.05, 0.1) is 23.8 Å². The molecule has 0 aromatic carbocycles. The molecule has 0 spiro atoms. The third kappa shape index (κ3) is 3.05. The van der Waals surface area contributed by atoms with Gasteiger partial charge in [0.25, 0.3) is 5.91 Å². The van der Waals surface area contributed by atoms with Crippen molar-refractivity contribution in [2.75, 3.05) is 13.1 Å². The first kappa shape index (κ1) is 13.3. The van der Waals surface area contributed by atoms with Crippen molar-refractivity contribution in [1.82, 2.24) is 25.4 Å². The number of aromatic nitrogens is 3. The molecule has 1 amide bonds. The molecular weight excluding hydrogens is 274 g/mol. The first-order valence-electron chi connectivity index (χ1n) is 6.74. The van der Waals surface area contributed by atoms with Gasteiger partial charge in [-0.1, -0.05) is 0 Å². The maximum absolute atomic E-state index is 12.0. The predicted molar refractivity (Wildman–Crippen MR) is 76.7 cm³/mol. The maximum atomic E-state index is 12.0. The monoisotopic (exact) mass is 291 g/mol. The summed E-state index contributed by atoms with van der Waals surface area (Å²) in [6, 6.07) is 2.12. The summed E-state index contributed by atoms with van der Waals surface area (Å²) >= 11 is 1.52. The zero-order valence-corrected chi connectivity index (χ0v) is 11.9. The van der Waals surface area contributed by atoms with E-state index in [4.69, 9.17) is 0 Å². The number of nitrogens with one attached hydrogen (secondary N) is 2. The lowest BCUT2D eigenvalue weighted by atomic mass is 10.1. The molecule has 2 aromatic heterocycles. The van der Waals surface area contributed by atoms with Crippen molar-refractivity contribution in [3.05, 3.63) is 34.5 Å². The van der Waals surface area contributed by atoms with Crippen LogP contribution in [0.3, 0.4) is 0 Å². The van der Waals surface area contributed by atoms with Gasteiger partial charge in [0.1, 0.15) is 5.69 Å². The number of nitrogens with zero attached hydrogens (tertiary/aromatic N) is 3. The molecule has 3 rings (SSSR count). The molecule has 1 fully saturated rings. The third-order valence-electron chi connectivity index (χ3n) is 3.40. The van der Waals surface area contributed by atoms with E-state index in [9.17, 15) is 4.79 Å². The Morgan fingerprint density at radius 2 is 2.55 bits per heavy atom. The average Bonchev–Trinajstić information content (AvgIpc) is 3.17. The molecule has 1 aliphatic heterocycles. The van der Waals surface area contributed by atoms with Crippen molar-refractivity contribution in [2.45, 2.75) is 25.4 Å². The second-order valence-electron chi connectivity index (χ2n) is 4.84. The van der Waals surface area contributed by atoms with Crippen molar-refractivity contribution in [2.24, 2.45) is 0 Å². The number of hydrogen-bond acceptors (Lipinski definition) is 5. The normalized spacial score (nSPS) is 18.9. The van der Waals surface area contributed by atoms with Crippen LogP contribution in [-0.4, -0.2) is 33.8 Å². The molecule has 20 heavy (non-hydrogen) atoms. The summed E-state index contributed by atoms with van der Waals surface area (Å²) in [4.78, 5) is 16.1. The Bertz CT molecular complexity index is 559. The first-order valence-corrected chi connectivity index (χ1v) is 7.68. The van der Waals surface area contributed by atoms with Crippen LogP contribution in [0.1, 0.15) is 35.1 Å². The zero-order valence-electron chi connectivity index (χ0n) is 11.1. The van der Waals surface area contributed by atoms with E-state index in [2.05, 4.69) is 20.7 Å². The second kappa shape index (κ2) is 6.15. The Labute approximate surface area is 121 Å². The van der Waals surface area contributed by atoms with Gasteiger partial charge in [-0.25, -0.2) is 4.98 Å². The van der Waals surface area contributed by atoms with E-state index < -0.39 is 0 Å². The zero-order chi connectivity index (χ0) is 13.8. The quantitative estimate of drug-likeness (QED) is 0.888. The Morgan fingerprint density at radius 1 is 1.60 bits per heavy atom. The number of thiazole rings is 1. The molecule has 0 aliphatic carbocycles. The van der Waals surface area contributed by atoms with Crippen molar-refractivity contribution in [3.63, 3.8) is 0 Å². The number of carbonyl (C=O) groups is 1.